The number of carbonyl (C=O) groups excluding carboxylic acids is 1. The maximum Gasteiger partial charge on any atom is 0.252 e. The largest absolute Gasteiger partial charge is 0.351 e. The van der Waals surface area contributed by atoms with E-state index in [1.807, 2.05) is 24.3 Å². The molecular formula is C17H21ClN2O. The quantitative estimate of drug-likeness (QED) is 0.856. The lowest BCUT2D eigenvalue weighted by molar-refractivity contribution is 0.0926. The number of aromatic nitrogens is 1. The maximum absolute atomic E-state index is 12.5. The van der Waals surface area contributed by atoms with Gasteiger partial charge in [-0.15, -0.1) is 0 Å². The molecule has 0 bridgehead atoms. The van der Waals surface area contributed by atoms with Crippen LogP contribution in [0, 0.1) is 11.3 Å². The molecule has 1 amide bonds. The predicted octanol–water partition coefficient (Wildman–Crippen LogP) is 4.30. The van der Waals surface area contributed by atoms with Crippen molar-refractivity contribution in [1.29, 1.82) is 0 Å². The molecule has 4 heteroatoms. The molecule has 1 aromatic heterocycles. The predicted molar refractivity (Wildman–Crippen MR) is 87.7 cm³/mol. The Morgan fingerprint density at radius 2 is 2.00 bits per heavy atom. The van der Waals surface area contributed by atoms with E-state index in [2.05, 4.69) is 38.0 Å². The number of rotatable bonds is 4. The van der Waals surface area contributed by atoms with E-state index in [9.17, 15) is 4.79 Å². The third-order valence-corrected chi connectivity index (χ3v) is 4.39. The zero-order valence-electron chi connectivity index (χ0n) is 12.9. The standard InChI is InChI=1S/C17H21ClN2O/c1-11(2)17(3,4)10-19-16(21)13-9-15(18)20-14-8-6-5-7-12(13)14/h5-9,11H,10H2,1-4H3,(H,19,21). The highest BCUT2D eigenvalue weighted by Gasteiger charge is 2.23. The second-order valence-corrected chi connectivity index (χ2v) is 6.72. The zero-order chi connectivity index (χ0) is 15.6. The van der Waals surface area contributed by atoms with Crippen LogP contribution < -0.4 is 5.32 Å². The topological polar surface area (TPSA) is 42.0 Å². The number of nitrogens with zero attached hydrogens (tertiary/aromatic N) is 1. The minimum atomic E-state index is -0.107. The monoisotopic (exact) mass is 304 g/mol. The SMILES string of the molecule is CC(C)C(C)(C)CNC(=O)c1cc(Cl)nc2ccccc12. The fourth-order valence-electron chi connectivity index (χ4n) is 1.94. The third kappa shape index (κ3) is 3.53. The summed E-state index contributed by atoms with van der Waals surface area (Å²) < 4.78 is 0. The molecule has 1 N–H and O–H groups in total. The first kappa shape index (κ1) is 15.8. The molecule has 0 atom stereocenters. The van der Waals surface area contributed by atoms with Gasteiger partial charge in [0.05, 0.1) is 11.1 Å². The number of fused-ring (bicyclic) bond motifs is 1. The summed E-state index contributed by atoms with van der Waals surface area (Å²) in [6.07, 6.45) is 0. The van der Waals surface area contributed by atoms with Gasteiger partial charge in [-0.25, -0.2) is 4.98 Å². The summed E-state index contributed by atoms with van der Waals surface area (Å²) in [6, 6.07) is 9.15. The van der Waals surface area contributed by atoms with Crippen LogP contribution in [0.4, 0.5) is 0 Å². The minimum absolute atomic E-state index is 0.0439. The number of hydrogen-bond acceptors (Lipinski definition) is 2. The minimum Gasteiger partial charge on any atom is -0.351 e. The highest BCUT2D eigenvalue weighted by Crippen LogP contribution is 2.25. The normalized spacial score (nSPS) is 11.9. The third-order valence-electron chi connectivity index (χ3n) is 4.20. The average molecular weight is 305 g/mol. The molecule has 0 fully saturated rings. The van der Waals surface area contributed by atoms with E-state index >= 15 is 0 Å². The summed E-state index contributed by atoms with van der Waals surface area (Å²) in [5.41, 5.74) is 1.35. The smallest absolute Gasteiger partial charge is 0.252 e. The highest BCUT2D eigenvalue weighted by atomic mass is 35.5. The van der Waals surface area contributed by atoms with Gasteiger partial charge in [0.1, 0.15) is 5.15 Å². The Kier molecular flexibility index (Phi) is 4.52. The van der Waals surface area contributed by atoms with Crippen LogP contribution in [0.5, 0.6) is 0 Å². The molecule has 0 unspecified atom stereocenters. The van der Waals surface area contributed by atoms with Crippen molar-refractivity contribution in [3.8, 4) is 0 Å². The molecule has 1 aromatic carbocycles. The second-order valence-electron chi connectivity index (χ2n) is 6.34. The number of para-hydroxylation sites is 1. The summed E-state index contributed by atoms with van der Waals surface area (Å²) in [5, 5.41) is 4.17. The molecule has 0 aliphatic heterocycles. The molecule has 1 heterocycles. The number of nitrogens with one attached hydrogen (secondary N) is 1. The lowest BCUT2D eigenvalue weighted by Crippen LogP contribution is -2.37. The van der Waals surface area contributed by atoms with E-state index in [1.54, 1.807) is 6.07 Å². The van der Waals surface area contributed by atoms with Gasteiger partial charge in [0, 0.05) is 11.9 Å². The Labute approximate surface area is 130 Å². The Morgan fingerprint density at radius 1 is 1.33 bits per heavy atom. The molecule has 0 aliphatic rings. The zero-order valence-corrected chi connectivity index (χ0v) is 13.7. The van der Waals surface area contributed by atoms with Crippen LogP contribution in [0.25, 0.3) is 10.9 Å². The summed E-state index contributed by atoms with van der Waals surface area (Å²) in [4.78, 5) is 16.7. The van der Waals surface area contributed by atoms with E-state index < -0.39 is 0 Å². The van der Waals surface area contributed by atoms with Crippen LogP contribution in [0.15, 0.2) is 30.3 Å². The van der Waals surface area contributed by atoms with E-state index in [1.165, 1.54) is 0 Å². The van der Waals surface area contributed by atoms with E-state index in [0.717, 1.165) is 10.9 Å². The molecule has 0 spiro atoms. The van der Waals surface area contributed by atoms with Crippen molar-refractivity contribution >= 4 is 28.4 Å². The number of amides is 1. The Hall–Kier alpha value is -1.61. The fourth-order valence-corrected chi connectivity index (χ4v) is 2.14. The summed E-state index contributed by atoms with van der Waals surface area (Å²) in [6.45, 7) is 9.23. The van der Waals surface area contributed by atoms with Crippen LogP contribution in [0.1, 0.15) is 38.1 Å². The van der Waals surface area contributed by atoms with Crippen LogP contribution >= 0.6 is 11.6 Å². The lowest BCUT2D eigenvalue weighted by Gasteiger charge is -2.29. The van der Waals surface area contributed by atoms with Crippen molar-refractivity contribution in [2.24, 2.45) is 11.3 Å². The van der Waals surface area contributed by atoms with Crippen LogP contribution in [0.3, 0.4) is 0 Å². The van der Waals surface area contributed by atoms with Crippen molar-refractivity contribution < 1.29 is 4.79 Å². The van der Waals surface area contributed by atoms with Gasteiger partial charge < -0.3 is 5.32 Å². The van der Waals surface area contributed by atoms with Crippen molar-refractivity contribution in [1.82, 2.24) is 10.3 Å². The number of carbonyl (C=O) groups is 1. The first-order chi connectivity index (χ1) is 9.81. The maximum atomic E-state index is 12.5. The molecule has 0 radical (unpaired) electrons. The first-order valence-corrected chi connectivity index (χ1v) is 7.52. The fraction of sp³-hybridized carbons (Fsp3) is 0.412. The Balaban J connectivity index is 2.28. The molecular weight excluding hydrogens is 284 g/mol. The Morgan fingerprint density at radius 3 is 2.67 bits per heavy atom. The van der Waals surface area contributed by atoms with Crippen molar-refractivity contribution in [2.75, 3.05) is 6.54 Å². The van der Waals surface area contributed by atoms with E-state index in [0.29, 0.717) is 23.2 Å². The lowest BCUT2D eigenvalue weighted by atomic mass is 9.81. The van der Waals surface area contributed by atoms with Gasteiger partial charge >= 0.3 is 0 Å². The van der Waals surface area contributed by atoms with Crippen LogP contribution in [-0.4, -0.2) is 17.4 Å². The van der Waals surface area contributed by atoms with Crippen molar-refractivity contribution in [3.05, 3.63) is 41.0 Å². The Bertz CT molecular complexity index is 665. The van der Waals surface area contributed by atoms with E-state index in [-0.39, 0.29) is 11.3 Å². The molecule has 112 valence electrons. The first-order valence-electron chi connectivity index (χ1n) is 7.15. The van der Waals surface area contributed by atoms with Gasteiger partial charge in [-0.1, -0.05) is 57.5 Å². The van der Waals surface area contributed by atoms with Crippen LogP contribution in [-0.2, 0) is 0 Å². The van der Waals surface area contributed by atoms with Gasteiger partial charge in [0.25, 0.3) is 5.91 Å². The second kappa shape index (κ2) is 6.02. The van der Waals surface area contributed by atoms with Gasteiger partial charge in [0.15, 0.2) is 0 Å². The average Bonchev–Trinajstić information content (AvgIpc) is 2.43. The van der Waals surface area contributed by atoms with E-state index in [4.69, 9.17) is 11.6 Å². The van der Waals surface area contributed by atoms with Gasteiger partial charge in [-0.05, 0) is 23.5 Å². The molecule has 0 aliphatic carbocycles. The van der Waals surface area contributed by atoms with Gasteiger partial charge in [-0.3, -0.25) is 4.79 Å². The van der Waals surface area contributed by atoms with Crippen LogP contribution in [0.2, 0.25) is 5.15 Å². The number of pyridine rings is 1. The van der Waals surface area contributed by atoms with Gasteiger partial charge in [0.2, 0.25) is 0 Å². The van der Waals surface area contributed by atoms with Crippen molar-refractivity contribution in [2.45, 2.75) is 27.7 Å². The molecule has 0 saturated carbocycles. The molecule has 21 heavy (non-hydrogen) atoms. The number of hydrogen-bond donors (Lipinski definition) is 1. The molecule has 2 aromatic rings. The molecule has 3 nitrogen and oxygen atoms in total. The van der Waals surface area contributed by atoms with Crippen molar-refractivity contribution in [3.63, 3.8) is 0 Å². The number of halogens is 1. The highest BCUT2D eigenvalue weighted by molar-refractivity contribution is 6.30. The van der Waals surface area contributed by atoms with Gasteiger partial charge in [-0.2, -0.15) is 0 Å². The molecule has 0 saturated heterocycles. The summed E-state index contributed by atoms with van der Waals surface area (Å²) >= 11 is 6.02. The summed E-state index contributed by atoms with van der Waals surface area (Å²) in [7, 11) is 0. The summed E-state index contributed by atoms with van der Waals surface area (Å²) in [5.74, 6) is 0.375. The molecule has 2 rings (SSSR count). The number of benzene rings is 1.